The zero-order chi connectivity index (χ0) is 20.2. The highest BCUT2D eigenvalue weighted by Gasteiger charge is 2.34. The van der Waals surface area contributed by atoms with E-state index < -0.39 is 0 Å². The maximum atomic E-state index is 12.6. The number of hydrogen-bond acceptors (Lipinski definition) is 4. The standard InChI is InChI=1S/C24H38N4O/c1-26(2)15-11-25-24(29)21-8-5-12-28(18-21)22-9-13-27(14-10-22)23-16-19-6-3-4-7-20(19)17-23/h3-4,6-7,21-23H,5,8-18H2,1-2H3,(H,25,29)/t21-/m1/s1. The van der Waals surface area contributed by atoms with Crippen molar-refractivity contribution in [2.24, 2.45) is 5.92 Å². The molecule has 1 amide bonds. The minimum atomic E-state index is 0.174. The lowest BCUT2D eigenvalue weighted by Crippen LogP contribution is -2.52. The summed E-state index contributed by atoms with van der Waals surface area (Å²) in [6.07, 6.45) is 7.15. The van der Waals surface area contributed by atoms with Crippen LogP contribution in [-0.4, -0.2) is 86.1 Å². The summed E-state index contributed by atoms with van der Waals surface area (Å²) in [6, 6.07) is 10.3. The normalized spacial score (nSPS) is 24.7. The monoisotopic (exact) mass is 398 g/mol. The molecule has 3 aliphatic rings. The van der Waals surface area contributed by atoms with Crippen LogP contribution < -0.4 is 5.32 Å². The van der Waals surface area contributed by atoms with Crippen molar-refractivity contribution in [2.75, 3.05) is 53.4 Å². The van der Waals surface area contributed by atoms with E-state index in [0.29, 0.717) is 12.1 Å². The van der Waals surface area contributed by atoms with Gasteiger partial charge in [0.1, 0.15) is 0 Å². The molecule has 160 valence electrons. The van der Waals surface area contributed by atoms with E-state index in [-0.39, 0.29) is 11.8 Å². The van der Waals surface area contributed by atoms with E-state index in [4.69, 9.17) is 0 Å². The Bertz CT molecular complexity index is 658. The molecule has 2 saturated heterocycles. The lowest BCUT2D eigenvalue weighted by Gasteiger charge is -2.43. The first-order valence-corrected chi connectivity index (χ1v) is 11.6. The van der Waals surface area contributed by atoms with Crippen LogP contribution in [0.3, 0.4) is 0 Å². The number of nitrogens with one attached hydrogen (secondary N) is 1. The number of carbonyl (C=O) groups is 1. The fourth-order valence-corrected chi connectivity index (χ4v) is 5.51. The van der Waals surface area contributed by atoms with Gasteiger partial charge in [0.2, 0.25) is 5.91 Å². The molecule has 0 unspecified atom stereocenters. The number of rotatable bonds is 6. The smallest absolute Gasteiger partial charge is 0.224 e. The number of benzene rings is 1. The average molecular weight is 399 g/mol. The molecule has 29 heavy (non-hydrogen) atoms. The first-order chi connectivity index (χ1) is 14.1. The molecule has 1 aliphatic carbocycles. The van der Waals surface area contributed by atoms with E-state index in [1.807, 2.05) is 14.1 Å². The Labute approximate surface area is 176 Å². The van der Waals surface area contributed by atoms with Crippen molar-refractivity contribution in [3.63, 3.8) is 0 Å². The molecule has 0 aromatic heterocycles. The van der Waals surface area contributed by atoms with Gasteiger partial charge < -0.3 is 10.2 Å². The van der Waals surface area contributed by atoms with Gasteiger partial charge in [-0.15, -0.1) is 0 Å². The van der Waals surface area contributed by atoms with Crippen LogP contribution in [0, 0.1) is 5.92 Å². The molecule has 2 heterocycles. The van der Waals surface area contributed by atoms with Gasteiger partial charge in [0, 0.05) is 31.7 Å². The summed E-state index contributed by atoms with van der Waals surface area (Å²) in [5, 5.41) is 3.14. The Hall–Kier alpha value is -1.43. The highest BCUT2D eigenvalue weighted by atomic mass is 16.1. The minimum absolute atomic E-state index is 0.174. The van der Waals surface area contributed by atoms with Gasteiger partial charge >= 0.3 is 0 Å². The van der Waals surface area contributed by atoms with Gasteiger partial charge in [-0.1, -0.05) is 24.3 Å². The maximum absolute atomic E-state index is 12.6. The summed E-state index contributed by atoms with van der Waals surface area (Å²) in [7, 11) is 4.09. The van der Waals surface area contributed by atoms with Gasteiger partial charge in [0.05, 0.1) is 5.92 Å². The van der Waals surface area contributed by atoms with Crippen LogP contribution in [0.15, 0.2) is 24.3 Å². The summed E-state index contributed by atoms with van der Waals surface area (Å²) < 4.78 is 0. The fourth-order valence-electron chi connectivity index (χ4n) is 5.51. The Morgan fingerprint density at radius 1 is 1.00 bits per heavy atom. The molecular formula is C24H38N4O. The Balaban J connectivity index is 1.23. The highest BCUT2D eigenvalue weighted by Crippen LogP contribution is 2.29. The van der Waals surface area contributed by atoms with Crippen molar-refractivity contribution in [3.8, 4) is 0 Å². The average Bonchev–Trinajstić information content (AvgIpc) is 3.18. The lowest BCUT2D eigenvalue weighted by molar-refractivity contribution is -0.127. The van der Waals surface area contributed by atoms with Crippen molar-refractivity contribution >= 4 is 5.91 Å². The van der Waals surface area contributed by atoms with Crippen LogP contribution in [0.5, 0.6) is 0 Å². The van der Waals surface area contributed by atoms with Gasteiger partial charge in [-0.05, 0) is 83.4 Å². The maximum Gasteiger partial charge on any atom is 0.224 e. The number of likely N-dealkylation sites (tertiary alicyclic amines) is 2. The first-order valence-electron chi connectivity index (χ1n) is 11.6. The van der Waals surface area contributed by atoms with Crippen LogP contribution in [0.25, 0.3) is 0 Å². The molecule has 0 radical (unpaired) electrons. The lowest BCUT2D eigenvalue weighted by atomic mass is 9.92. The third-order valence-corrected chi connectivity index (χ3v) is 7.24. The molecule has 0 spiro atoms. The topological polar surface area (TPSA) is 38.8 Å². The van der Waals surface area contributed by atoms with Crippen LogP contribution in [0.1, 0.15) is 36.8 Å². The zero-order valence-corrected chi connectivity index (χ0v) is 18.3. The number of amides is 1. The molecule has 0 saturated carbocycles. The fraction of sp³-hybridized carbons (Fsp3) is 0.708. The zero-order valence-electron chi connectivity index (χ0n) is 18.3. The molecule has 2 aliphatic heterocycles. The number of likely N-dealkylation sites (N-methyl/N-ethyl adjacent to an activating group) is 1. The van der Waals surface area contributed by atoms with Crippen LogP contribution in [0.4, 0.5) is 0 Å². The van der Waals surface area contributed by atoms with E-state index in [1.165, 1.54) is 45.3 Å². The summed E-state index contributed by atoms with van der Waals surface area (Å²) in [4.78, 5) is 20.0. The Morgan fingerprint density at radius 3 is 2.34 bits per heavy atom. The summed E-state index contributed by atoms with van der Waals surface area (Å²) >= 11 is 0. The van der Waals surface area contributed by atoms with Crippen LogP contribution in [-0.2, 0) is 17.6 Å². The number of fused-ring (bicyclic) bond motifs is 1. The molecule has 5 heteroatoms. The Morgan fingerprint density at radius 2 is 1.69 bits per heavy atom. The SMILES string of the molecule is CN(C)CCNC(=O)[C@@H]1CCCN(C2CCN(C3Cc4ccccc4C3)CC2)C1. The van der Waals surface area contributed by atoms with E-state index in [2.05, 4.69) is 44.3 Å². The molecule has 1 aromatic carbocycles. The van der Waals surface area contributed by atoms with Gasteiger partial charge in [0.15, 0.2) is 0 Å². The largest absolute Gasteiger partial charge is 0.355 e. The second kappa shape index (κ2) is 9.59. The number of nitrogens with zero attached hydrogens (tertiary/aromatic N) is 3. The van der Waals surface area contributed by atoms with E-state index in [9.17, 15) is 4.79 Å². The van der Waals surface area contributed by atoms with Gasteiger partial charge in [0.25, 0.3) is 0 Å². The third-order valence-electron chi connectivity index (χ3n) is 7.24. The van der Waals surface area contributed by atoms with Crippen molar-refractivity contribution in [1.29, 1.82) is 0 Å². The predicted octanol–water partition coefficient (Wildman–Crippen LogP) is 2.01. The molecule has 5 nitrogen and oxygen atoms in total. The molecule has 1 aromatic rings. The second-order valence-electron chi connectivity index (χ2n) is 9.53. The summed E-state index contributed by atoms with van der Waals surface area (Å²) in [5.74, 6) is 0.436. The number of piperidine rings is 2. The van der Waals surface area contributed by atoms with Gasteiger partial charge in [-0.2, -0.15) is 0 Å². The van der Waals surface area contributed by atoms with Crippen LogP contribution >= 0.6 is 0 Å². The summed E-state index contributed by atoms with van der Waals surface area (Å²) in [5.41, 5.74) is 3.11. The molecule has 2 fully saturated rings. The molecule has 1 atom stereocenters. The third kappa shape index (κ3) is 5.19. The number of carbonyl (C=O) groups excluding carboxylic acids is 1. The van der Waals surface area contributed by atoms with Crippen molar-refractivity contribution in [2.45, 2.75) is 50.6 Å². The molecular weight excluding hydrogens is 360 g/mol. The first kappa shape index (κ1) is 20.8. The minimum Gasteiger partial charge on any atom is -0.355 e. The second-order valence-corrected chi connectivity index (χ2v) is 9.53. The highest BCUT2D eigenvalue weighted by molar-refractivity contribution is 5.78. The molecule has 1 N–H and O–H groups in total. The van der Waals surface area contributed by atoms with Crippen LogP contribution in [0.2, 0.25) is 0 Å². The number of hydrogen-bond donors (Lipinski definition) is 1. The van der Waals surface area contributed by atoms with Gasteiger partial charge in [-0.3, -0.25) is 14.6 Å². The van der Waals surface area contributed by atoms with Crippen molar-refractivity contribution < 1.29 is 4.79 Å². The quantitative estimate of drug-likeness (QED) is 0.796. The molecule has 0 bridgehead atoms. The molecule has 4 rings (SSSR count). The van der Waals surface area contributed by atoms with E-state index >= 15 is 0 Å². The van der Waals surface area contributed by atoms with Crippen molar-refractivity contribution in [3.05, 3.63) is 35.4 Å². The summed E-state index contributed by atoms with van der Waals surface area (Å²) in [6.45, 7) is 6.20. The van der Waals surface area contributed by atoms with E-state index in [0.717, 1.165) is 32.5 Å². The van der Waals surface area contributed by atoms with Gasteiger partial charge in [-0.25, -0.2) is 0 Å². The van der Waals surface area contributed by atoms with Crippen molar-refractivity contribution in [1.82, 2.24) is 20.0 Å². The predicted molar refractivity (Wildman–Crippen MR) is 118 cm³/mol. The van der Waals surface area contributed by atoms with E-state index in [1.54, 1.807) is 11.1 Å². The Kier molecular flexibility index (Phi) is 6.88.